The molecular weight excluding hydrogens is 292 g/mol. The van der Waals surface area contributed by atoms with Crippen molar-refractivity contribution in [1.29, 1.82) is 0 Å². The van der Waals surface area contributed by atoms with Gasteiger partial charge in [-0.1, -0.05) is 15.9 Å². The van der Waals surface area contributed by atoms with Crippen LogP contribution >= 0.6 is 15.9 Å². The summed E-state index contributed by atoms with van der Waals surface area (Å²) in [4.78, 5) is 10.8. The molecule has 2 aromatic rings. The van der Waals surface area contributed by atoms with Crippen LogP contribution in [0.4, 0.5) is 17.5 Å². The van der Waals surface area contributed by atoms with Gasteiger partial charge in [0.2, 0.25) is 5.95 Å². The third-order valence-corrected chi connectivity index (χ3v) is 2.93. The number of rotatable bonds is 3. The average Bonchev–Trinajstić information content (AvgIpc) is 2.31. The van der Waals surface area contributed by atoms with E-state index in [1.165, 1.54) is 0 Å². The number of halogens is 1. The lowest BCUT2D eigenvalue weighted by Gasteiger charge is -2.13. The fourth-order valence-corrected chi connectivity index (χ4v) is 1.76. The largest absolute Gasteiger partial charge is 0.363 e. The first kappa shape index (κ1) is 12.8. The summed E-state index contributed by atoms with van der Waals surface area (Å²) in [6.07, 6.45) is 0. The molecule has 0 saturated carbocycles. The molecule has 18 heavy (non-hydrogen) atoms. The lowest BCUT2D eigenvalue weighted by atomic mass is 10.3. The van der Waals surface area contributed by atoms with E-state index in [0.717, 1.165) is 21.7 Å². The Morgan fingerprint density at radius 1 is 1.11 bits per heavy atom. The summed E-state index contributed by atoms with van der Waals surface area (Å²) in [6.45, 7) is 1.96. The number of nitrogens with zero attached hydrogens (tertiary/aromatic N) is 3. The van der Waals surface area contributed by atoms with Crippen LogP contribution < -0.4 is 10.2 Å². The second kappa shape index (κ2) is 5.35. The van der Waals surface area contributed by atoms with Crippen molar-refractivity contribution in [3.05, 3.63) is 40.5 Å². The molecule has 0 amide bonds. The molecular formula is C13H15BrN4. The molecule has 0 atom stereocenters. The van der Waals surface area contributed by atoms with Crippen molar-refractivity contribution < 1.29 is 0 Å². The maximum atomic E-state index is 4.44. The summed E-state index contributed by atoms with van der Waals surface area (Å²) in [7, 11) is 3.93. The molecule has 0 unspecified atom stereocenters. The molecule has 1 heterocycles. The molecule has 2 rings (SSSR count). The van der Waals surface area contributed by atoms with E-state index in [0.29, 0.717) is 5.95 Å². The predicted molar refractivity (Wildman–Crippen MR) is 78.5 cm³/mol. The predicted octanol–water partition coefficient (Wildman–Crippen LogP) is 3.36. The smallest absolute Gasteiger partial charge is 0.229 e. The minimum atomic E-state index is 0.612. The molecule has 0 fully saturated rings. The zero-order valence-corrected chi connectivity index (χ0v) is 12.2. The highest BCUT2D eigenvalue weighted by Gasteiger charge is 2.04. The first-order chi connectivity index (χ1) is 8.54. The first-order valence-electron chi connectivity index (χ1n) is 5.60. The fraction of sp³-hybridized carbons (Fsp3) is 0.231. The van der Waals surface area contributed by atoms with Crippen LogP contribution in [0.5, 0.6) is 0 Å². The van der Waals surface area contributed by atoms with E-state index in [1.807, 2.05) is 56.3 Å². The van der Waals surface area contributed by atoms with E-state index in [1.54, 1.807) is 0 Å². The summed E-state index contributed by atoms with van der Waals surface area (Å²) < 4.78 is 1.05. The fourth-order valence-electron chi connectivity index (χ4n) is 1.50. The van der Waals surface area contributed by atoms with Crippen molar-refractivity contribution in [2.75, 3.05) is 24.3 Å². The van der Waals surface area contributed by atoms with E-state index in [9.17, 15) is 0 Å². The van der Waals surface area contributed by atoms with Crippen molar-refractivity contribution in [3.8, 4) is 0 Å². The van der Waals surface area contributed by atoms with Gasteiger partial charge in [-0.25, -0.2) is 4.98 Å². The van der Waals surface area contributed by atoms with Gasteiger partial charge in [0.25, 0.3) is 0 Å². The molecule has 1 aromatic heterocycles. The average molecular weight is 307 g/mol. The van der Waals surface area contributed by atoms with Gasteiger partial charge in [-0.2, -0.15) is 4.98 Å². The molecule has 5 heteroatoms. The van der Waals surface area contributed by atoms with Gasteiger partial charge in [-0.05, 0) is 31.2 Å². The number of benzene rings is 1. The number of hydrogen-bond acceptors (Lipinski definition) is 4. The highest BCUT2D eigenvalue weighted by Crippen LogP contribution is 2.19. The number of nitrogens with one attached hydrogen (secondary N) is 1. The van der Waals surface area contributed by atoms with Gasteiger partial charge < -0.3 is 10.2 Å². The van der Waals surface area contributed by atoms with Crippen LogP contribution in [0.2, 0.25) is 0 Å². The van der Waals surface area contributed by atoms with Gasteiger partial charge in [0.1, 0.15) is 5.82 Å². The van der Waals surface area contributed by atoms with Crippen molar-refractivity contribution in [1.82, 2.24) is 9.97 Å². The Kier molecular flexibility index (Phi) is 3.81. The summed E-state index contributed by atoms with van der Waals surface area (Å²) in [5.41, 5.74) is 1.90. The van der Waals surface area contributed by atoms with Crippen molar-refractivity contribution in [2.45, 2.75) is 6.92 Å². The Morgan fingerprint density at radius 2 is 1.78 bits per heavy atom. The topological polar surface area (TPSA) is 41.1 Å². The molecule has 1 N–H and O–H groups in total. The molecule has 0 aliphatic carbocycles. The Bertz CT molecular complexity index is 537. The van der Waals surface area contributed by atoms with Crippen LogP contribution in [0.25, 0.3) is 0 Å². The number of hydrogen-bond donors (Lipinski definition) is 1. The Hall–Kier alpha value is -1.62. The third-order valence-electron chi connectivity index (χ3n) is 2.40. The van der Waals surface area contributed by atoms with Crippen molar-refractivity contribution in [3.63, 3.8) is 0 Å². The molecule has 0 bridgehead atoms. The number of anilines is 3. The molecule has 4 nitrogen and oxygen atoms in total. The van der Waals surface area contributed by atoms with Crippen LogP contribution in [-0.2, 0) is 0 Å². The second-order valence-corrected chi connectivity index (χ2v) is 5.13. The summed E-state index contributed by atoms with van der Waals surface area (Å²) in [5, 5.41) is 3.20. The van der Waals surface area contributed by atoms with E-state index < -0.39 is 0 Å². The molecule has 0 saturated heterocycles. The van der Waals surface area contributed by atoms with E-state index in [2.05, 4.69) is 31.2 Å². The van der Waals surface area contributed by atoms with Crippen LogP contribution in [0, 0.1) is 6.92 Å². The van der Waals surface area contributed by atoms with Gasteiger partial charge in [0.05, 0.1) is 0 Å². The monoisotopic (exact) mass is 306 g/mol. The lowest BCUT2D eigenvalue weighted by Crippen LogP contribution is -2.12. The zero-order chi connectivity index (χ0) is 13.1. The first-order valence-corrected chi connectivity index (χ1v) is 6.39. The minimum Gasteiger partial charge on any atom is -0.363 e. The molecule has 0 aliphatic rings. The molecule has 0 radical (unpaired) electrons. The van der Waals surface area contributed by atoms with Crippen LogP contribution in [0.15, 0.2) is 34.8 Å². The molecule has 1 aromatic carbocycles. The van der Waals surface area contributed by atoms with E-state index >= 15 is 0 Å². The van der Waals surface area contributed by atoms with E-state index in [-0.39, 0.29) is 0 Å². The lowest BCUT2D eigenvalue weighted by molar-refractivity contribution is 1.02. The minimum absolute atomic E-state index is 0.612. The van der Waals surface area contributed by atoms with Gasteiger partial charge in [-0.3, -0.25) is 0 Å². The SMILES string of the molecule is Cc1cc(N(C)C)nc(Nc2ccc(Br)cc2)n1. The summed E-state index contributed by atoms with van der Waals surface area (Å²) >= 11 is 3.41. The third kappa shape index (κ3) is 3.20. The van der Waals surface area contributed by atoms with Gasteiger partial charge >= 0.3 is 0 Å². The molecule has 0 spiro atoms. The van der Waals surface area contributed by atoms with Crippen LogP contribution in [0.1, 0.15) is 5.69 Å². The maximum Gasteiger partial charge on any atom is 0.229 e. The van der Waals surface area contributed by atoms with Gasteiger partial charge in [0, 0.05) is 36.0 Å². The quantitative estimate of drug-likeness (QED) is 0.944. The second-order valence-electron chi connectivity index (χ2n) is 4.22. The summed E-state index contributed by atoms with van der Waals surface area (Å²) in [5.74, 6) is 1.50. The number of aromatic nitrogens is 2. The Labute approximate surface area is 115 Å². The highest BCUT2D eigenvalue weighted by molar-refractivity contribution is 9.10. The Balaban J connectivity index is 2.26. The Morgan fingerprint density at radius 3 is 2.39 bits per heavy atom. The summed E-state index contributed by atoms with van der Waals surface area (Å²) in [6, 6.07) is 9.86. The van der Waals surface area contributed by atoms with Crippen molar-refractivity contribution in [2.24, 2.45) is 0 Å². The molecule has 0 aliphatic heterocycles. The van der Waals surface area contributed by atoms with Crippen LogP contribution in [0.3, 0.4) is 0 Å². The van der Waals surface area contributed by atoms with Crippen molar-refractivity contribution >= 4 is 33.4 Å². The number of aryl methyl sites for hydroxylation is 1. The normalized spacial score (nSPS) is 10.2. The van der Waals surface area contributed by atoms with E-state index in [4.69, 9.17) is 0 Å². The van der Waals surface area contributed by atoms with Gasteiger partial charge in [-0.15, -0.1) is 0 Å². The van der Waals surface area contributed by atoms with Crippen LogP contribution in [-0.4, -0.2) is 24.1 Å². The van der Waals surface area contributed by atoms with Gasteiger partial charge in [0.15, 0.2) is 0 Å². The maximum absolute atomic E-state index is 4.44. The zero-order valence-electron chi connectivity index (χ0n) is 10.6. The highest BCUT2D eigenvalue weighted by atomic mass is 79.9. The molecule has 94 valence electrons. The standard InChI is InChI=1S/C13H15BrN4/c1-9-8-12(18(2)3)17-13(15-9)16-11-6-4-10(14)5-7-11/h4-8H,1-3H3,(H,15,16,17).